The first-order valence-electron chi connectivity index (χ1n) is 8.44. The van der Waals surface area contributed by atoms with Crippen molar-refractivity contribution in [1.29, 1.82) is 0 Å². The number of rotatable bonds is 6. The second-order valence-corrected chi connectivity index (χ2v) is 8.02. The van der Waals surface area contributed by atoms with Gasteiger partial charge in [0, 0.05) is 23.1 Å². The molecular weight excluding hydrogens is 417 g/mol. The van der Waals surface area contributed by atoms with Crippen LogP contribution in [-0.2, 0) is 11.2 Å². The lowest BCUT2D eigenvalue weighted by atomic mass is 10.1. The van der Waals surface area contributed by atoms with Crippen LogP contribution in [0.5, 0.6) is 0 Å². The number of aryl methyl sites for hydroxylation is 1. The molecule has 3 aromatic rings. The van der Waals surface area contributed by atoms with Crippen LogP contribution in [0, 0.1) is 6.92 Å². The van der Waals surface area contributed by atoms with Gasteiger partial charge in [-0.25, -0.2) is 4.98 Å². The molecule has 2 amide bonds. The van der Waals surface area contributed by atoms with E-state index in [4.69, 9.17) is 23.2 Å². The molecule has 3 rings (SSSR count). The molecule has 8 heteroatoms. The third kappa shape index (κ3) is 5.32. The second-order valence-electron chi connectivity index (χ2n) is 6.12. The molecule has 0 bridgehead atoms. The van der Waals surface area contributed by atoms with E-state index in [2.05, 4.69) is 15.6 Å². The minimum Gasteiger partial charge on any atom is -0.343 e. The molecule has 1 heterocycles. The fourth-order valence-corrected chi connectivity index (χ4v) is 3.69. The van der Waals surface area contributed by atoms with E-state index >= 15 is 0 Å². The van der Waals surface area contributed by atoms with Crippen LogP contribution in [0.15, 0.2) is 48.7 Å². The first-order valence-corrected chi connectivity index (χ1v) is 10.0. The van der Waals surface area contributed by atoms with Crippen molar-refractivity contribution in [2.45, 2.75) is 13.3 Å². The van der Waals surface area contributed by atoms with E-state index < -0.39 is 0 Å². The molecule has 0 saturated carbocycles. The number of nitrogens with one attached hydrogen (secondary N) is 2. The van der Waals surface area contributed by atoms with Crippen molar-refractivity contribution >= 4 is 51.5 Å². The standard InChI is InChI=1S/C20H17Cl2N3O2S/c1-12-5-7-13(8-6-12)19(27)23-11-17(26)25-20-24-10-15(28-20)9-14-3-2-4-16(21)18(14)22/h2-8,10H,9,11H2,1H3,(H,23,27)(H,24,25,26). The third-order valence-corrected chi connectivity index (χ3v) is 5.69. The molecule has 2 aromatic carbocycles. The predicted molar refractivity (Wildman–Crippen MR) is 114 cm³/mol. The van der Waals surface area contributed by atoms with Crippen molar-refractivity contribution < 1.29 is 9.59 Å². The van der Waals surface area contributed by atoms with Crippen molar-refractivity contribution in [2.24, 2.45) is 0 Å². The summed E-state index contributed by atoms with van der Waals surface area (Å²) in [4.78, 5) is 29.3. The third-order valence-electron chi connectivity index (χ3n) is 3.92. The average Bonchev–Trinajstić information content (AvgIpc) is 3.11. The van der Waals surface area contributed by atoms with E-state index in [0.717, 1.165) is 16.0 Å². The fraction of sp³-hybridized carbons (Fsp3) is 0.150. The minimum absolute atomic E-state index is 0.137. The number of carbonyl (C=O) groups excluding carboxylic acids is 2. The van der Waals surface area contributed by atoms with Crippen molar-refractivity contribution in [1.82, 2.24) is 10.3 Å². The van der Waals surface area contributed by atoms with Gasteiger partial charge in [-0.05, 0) is 30.7 Å². The number of hydrogen-bond donors (Lipinski definition) is 2. The maximum atomic E-state index is 12.1. The van der Waals surface area contributed by atoms with Gasteiger partial charge in [-0.2, -0.15) is 0 Å². The van der Waals surface area contributed by atoms with E-state index in [1.165, 1.54) is 11.3 Å². The number of carbonyl (C=O) groups is 2. The van der Waals surface area contributed by atoms with Crippen molar-refractivity contribution in [3.05, 3.63) is 80.3 Å². The Labute approximate surface area is 176 Å². The van der Waals surface area contributed by atoms with Crippen molar-refractivity contribution in [3.63, 3.8) is 0 Å². The highest BCUT2D eigenvalue weighted by molar-refractivity contribution is 7.15. The van der Waals surface area contributed by atoms with Crippen LogP contribution in [0.25, 0.3) is 0 Å². The predicted octanol–water partition coefficient (Wildman–Crippen LogP) is 4.72. The highest BCUT2D eigenvalue weighted by atomic mass is 35.5. The minimum atomic E-state index is -0.345. The van der Waals surface area contributed by atoms with Crippen LogP contribution in [-0.4, -0.2) is 23.3 Å². The maximum Gasteiger partial charge on any atom is 0.251 e. The summed E-state index contributed by atoms with van der Waals surface area (Å²) in [6.07, 6.45) is 2.25. The van der Waals surface area contributed by atoms with Gasteiger partial charge in [-0.3, -0.25) is 9.59 Å². The van der Waals surface area contributed by atoms with Gasteiger partial charge in [-0.15, -0.1) is 11.3 Å². The van der Waals surface area contributed by atoms with Crippen LogP contribution >= 0.6 is 34.5 Å². The summed E-state index contributed by atoms with van der Waals surface area (Å²) < 4.78 is 0. The first-order chi connectivity index (χ1) is 13.4. The number of anilines is 1. The highest BCUT2D eigenvalue weighted by Crippen LogP contribution is 2.29. The summed E-state index contributed by atoms with van der Waals surface area (Å²) >= 11 is 13.6. The Hall–Kier alpha value is -2.41. The quantitative estimate of drug-likeness (QED) is 0.590. The molecule has 0 saturated heterocycles. The Morgan fingerprint density at radius 3 is 2.61 bits per heavy atom. The summed E-state index contributed by atoms with van der Waals surface area (Å²) in [5.74, 6) is -0.646. The molecule has 144 valence electrons. The van der Waals surface area contributed by atoms with E-state index in [9.17, 15) is 9.59 Å². The van der Waals surface area contributed by atoms with Gasteiger partial charge in [0.25, 0.3) is 5.91 Å². The van der Waals surface area contributed by atoms with Gasteiger partial charge in [0.05, 0.1) is 16.6 Å². The molecule has 1 aromatic heterocycles. The Bertz CT molecular complexity index is 1000. The van der Waals surface area contributed by atoms with Gasteiger partial charge in [-0.1, -0.05) is 53.0 Å². The highest BCUT2D eigenvalue weighted by Gasteiger charge is 2.11. The summed E-state index contributed by atoms with van der Waals surface area (Å²) in [5, 5.41) is 6.76. The van der Waals surface area contributed by atoms with Crippen LogP contribution in [0.1, 0.15) is 26.4 Å². The molecule has 0 aliphatic heterocycles. The van der Waals surface area contributed by atoms with Gasteiger partial charge in [0.15, 0.2) is 5.13 Å². The summed E-state index contributed by atoms with van der Waals surface area (Å²) in [6, 6.07) is 12.6. The zero-order valence-corrected chi connectivity index (χ0v) is 17.3. The molecule has 0 aliphatic rings. The van der Waals surface area contributed by atoms with Gasteiger partial charge < -0.3 is 10.6 Å². The van der Waals surface area contributed by atoms with Crippen molar-refractivity contribution in [2.75, 3.05) is 11.9 Å². The SMILES string of the molecule is Cc1ccc(C(=O)NCC(=O)Nc2ncc(Cc3cccc(Cl)c3Cl)s2)cc1. The van der Waals surface area contributed by atoms with Gasteiger partial charge in [0.1, 0.15) is 0 Å². The molecule has 2 N–H and O–H groups in total. The first kappa shape index (κ1) is 20.3. The number of halogens is 2. The van der Waals surface area contributed by atoms with E-state index in [-0.39, 0.29) is 18.4 Å². The lowest BCUT2D eigenvalue weighted by Crippen LogP contribution is -2.32. The molecular formula is C20H17Cl2N3O2S. The zero-order chi connectivity index (χ0) is 20.1. The number of amides is 2. The Kier molecular flexibility index (Phi) is 6.67. The maximum absolute atomic E-state index is 12.1. The number of nitrogens with zero attached hydrogens (tertiary/aromatic N) is 1. The zero-order valence-electron chi connectivity index (χ0n) is 15.0. The molecule has 28 heavy (non-hydrogen) atoms. The summed E-state index contributed by atoms with van der Waals surface area (Å²) in [6.45, 7) is 1.81. The van der Waals surface area contributed by atoms with Crippen LogP contribution in [0.3, 0.4) is 0 Å². The van der Waals surface area contributed by atoms with Crippen LogP contribution < -0.4 is 10.6 Å². The van der Waals surface area contributed by atoms with Crippen molar-refractivity contribution in [3.8, 4) is 0 Å². The monoisotopic (exact) mass is 433 g/mol. The van der Waals surface area contributed by atoms with Gasteiger partial charge in [0.2, 0.25) is 5.91 Å². The molecule has 0 aliphatic carbocycles. The molecule has 0 unspecified atom stereocenters. The van der Waals surface area contributed by atoms with E-state index in [0.29, 0.717) is 27.2 Å². The molecule has 0 fully saturated rings. The molecule has 5 nitrogen and oxygen atoms in total. The number of aromatic nitrogens is 1. The topological polar surface area (TPSA) is 71.1 Å². The van der Waals surface area contributed by atoms with Crippen LogP contribution in [0.2, 0.25) is 10.0 Å². The Morgan fingerprint density at radius 1 is 1.11 bits per heavy atom. The van der Waals surface area contributed by atoms with Gasteiger partial charge >= 0.3 is 0 Å². The van der Waals surface area contributed by atoms with E-state index in [1.54, 1.807) is 24.4 Å². The molecule has 0 spiro atoms. The number of benzene rings is 2. The average molecular weight is 434 g/mol. The smallest absolute Gasteiger partial charge is 0.251 e. The fourth-order valence-electron chi connectivity index (χ4n) is 2.45. The van der Waals surface area contributed by atoms with Crippen LogP contribution in [0.4, 0.5) is 5.13 Å². The van der Waals surface area contributed by atoms with E-state index in [1.807, 2.05) is 31.2 Å². The largest absolute Gasteiger partial charge is 0.343 e. The lowest BCUT2D eigenvalue weighted by Gasteiger charge is -2.05. The summed E-state index contributed by atoms with van der Waals surface area (Å²) in [7, 11) is 0. The lowest BCUT2D eigenvalue weighted by molar-refractivity contribution is -0.115. The number of hydrogen-bond acceptors (Lipinski definition) is 4. The Balaban J connectivity index is 1.53. The Morgan fingerprint density at radius 2 is 1.86 bits per heavy atom. The molecule has 0 radical (unpaired) electrons. The normalized spacial score (nSPS) is 10.5. The summed E-state index contributed by atoms with van der Waals surface area (Å²) in [5.41, 5.74) is 2.46. The molecule has 0 atom stereocenters. The second kappa shape index (κ2) is 9.19. The number of thiazole rings is 1.